The van der Waals surface area contributed by atoms with Crippen LogP contribution >= 0.6 is 0 Å². The van der Waals surface area contributed by atoms with Gasteiger partial charge in [0.1, 0.15) is 23.5 Å². The second-order valence-corrected chi connectivity index (χ2v) is 7.29. The maximum absolute atomic E-state index is 12.4. The van der Waals surface area contributed by atoms with Crippen molar-refractivity contribution in [1.82, 2.24) is 9.88 Å². The zero-order valence-electron chi connectivity index (χ0n) is 15.0. The summed E-state index contributed by atoms with van der Waals surface area (Å²) in [6.45, 7) is 5.39. The first-order valence-corrected chi connectivity index (χ1v) is 8.47. The summed E-state index contributed by atoms with van der Waals surface area (Å²) in [6, 6.07) is 8.33. The van der Waals surface area contributed by atoms with Crippen molar-refractivity contribution in [2.75, 3.05) is 6.54 Å². The molecule has 0 spiro atoms. The second-order valence-electron chi connectivity index (χ2n) is 7.29. The lowest BCUT2D eigenvalue weighted by Crippen LogP contribution is -2.43. The zero-order valence-corrected chi connectivity index (χ0v) is 15.0. The fraction of sp³-hybridized carbons (Fsp3) is 0.421. The second kappa shape index (κ2) is 6.82. The van der Waals surface area contributed by atoms with Crippen LogP contribution < -0.4 is 4.74 Å². The quantitative estimate of drug-likeness (QED) is 0.907. The summed E-state index contributed by atoms with van der Waals surface area (Å²) < 4.78 is 11.4. The molecule has 2 atom stereocenters. The highest BCUT2D eigenvalue weighted by Gasteiger charge is 2.42. The van der Waals surface area contributed by atoms with Crippen LogP contribution in [0.3, 0.4) is 0 Å². The van der Waals surface area contributed by atoms with Crippen molar-refractivity contribution < 1.29 is 24.2 Å². The molecule has 1 N–H and O–H groups in total. The van der Waals surface area contributed by atoms with E-state index >= 15 is 0 Å². The molecular formula is C19H22N2O5. The van der Waals surface area contributed by atoms with E-state index in [-0.39, 0.29) is 13.0 Å². The van der Waals surface area contributed by atoms with E-state index in [0.29, 0.717) is 5.75 Å². The van der Waals surface area contributed by atoms with E-state index < -0.39 is 29.8 Å². The largest absolute Gasteiger partial charge is 0.488 e. The van der Waals surface area contributed by atoms with Crippen LogP contribution in [0.2, 0.25) is 0 Å². The summed E-state index contributed by atoms with van der Waals surface area (Å²) in [7, 11) is 0. The predicted octanol–water partition coefficient (Wildman–Crippen LogP) is 3.08. The van der Waals surface area contributed by atoms with Crippen LogP contribution in [0, 0.1) is 0 Å². The fourth-order valence-corrected chi connectivity index (χ4v) is 2.99. The molecule has 1 aliphatic rings. The Hall–Kier alpha value is -2.83. The van der Waals surface area contributed by atoms with E-state index in [4.69, 9.17) is 9.47 Å². The number of carbonyl (C=O) groups is 2. The van der Waals surface area contributed by atoms with Crippen molar-refractivity contribution in [3.63, 3.8) is 0 Å². The Morgan fingerprint density at radius 3 is 2.65 bits per heavy atom. The van der Waals surface area contributed by atoms with E-state index in [2.05, 4.69) is 4.98 Å². The van der Waals surface area contributed by atoms with Crippen molar-refractivity contribution in [3.05, 3.63) is 36.5 Å². The molecule has 26 heavy (non-hydrogen) atoms. The highest BCUT2D eigenvalue weighted by atomic mass is 16.6. The first kappa shape index (κ1) is 18.0. The molecule has 3 rings (SSSR count). The van der Waals surface area contributed by atoms with Crippen molar-refractivity contribution in [3.8, 4) is 5.75 Å². The number of benzene rings is 1. The normalized spacial score (nSPS) is 20.2. The molecule has 1 fully saturated rings. The van der Waals surface area contributed by atoms with Gasteiger partial charge in [0.05, 0.1) is 12.1 Å². The Kier molecular flexibility index (Phi) is 4.71. The number of pyridine rings is 1. The van der Waals surface area contributed by atoms with Crippen LogP contribution in [0.5, 0.6) is 5.75 Å². The van der Waals surface area contributed by atoms with E-state index in [9.17, 15) is 14.7 Å². The van der Waals surface area contributed by atoms with Crippen LogP contribution in [0.15, 0.2) is 36.5 Å². The number of aliphatic carboxylic acids is 1. The Labute approximate surface area is 151 Å². The summed E-state index contributed by atoms with van der Waals surface area (Å²) in [4.78, 5) is 29.4. The topological polar surface area (TPSA) is 89.0 Å². The lowest BCUT2D eigenvalue weighted by atomic mass is 10.2. The van der Waals surface area contributed by atoms with Gasteiger partial charge in [-0.25, -0.2) is 9.59 Å². The molecule has 2 aromatic rings. The minimum absolute atomic E-state index is 0.155. The minimum Gasteiger partial charge on any atom is -0.488 e. The van der Waals surface area contributed by atoms with Gasteiger partial charge in [-0.05, 0) is 39.0 Å². The molecule has 0 aliphatic carbocycles. The van der Waals surface area contributed by atoms with Gasteiger partial charge in [-0.1, -0.05) is 12.1 Å². The molecule has 1 aliphatic heterocycles. The summed E-state index contributed by atoms with van der Waals surface area (Å²) in [5, 5.41) is 10.3. The van der Waals surface area contributed by atoms with Crippen LogP contribution in [-0.4, -0.2) is 51.3 Å². The summed E-state index contributed by atoms with van der Waals surface area (Å²) >= 11 is 0. The number of fused-ring (bicyclic) bond motifs is 1. The SMILES string of the molecule is CC(C)(C)OC(=O)N1CC(Oc2ccnc3ccccc23)C[C@H]1C(=O)O. The van der Waals surface area contributed by atoms with Gasteiger partial charge in [-0.15, -0.1) is 0 Å². The van der Waals surface area contributed by atoms with Crippen LogP contribution in [0.4, 0.5) is 4.79 Å². The molecule has 7 heteroatoms. The Morgan fingerprint density at radius 1 is 1.23 bits per heavy atom. The number of likely N-dealkylation sites (tertiary alicyclic amines) is 1. The number of ether oxygens (including phenoxy) is 2. The van der Waals surface area contributed by atoms with E-state index in [1.54, 1.807) is 33.0 Å². The highest BCUT2D eigenvalue weighted by Crippen LogP contribution is 2.29. The maximum atomic E-state index is 12.4. The molecule has 1 aromatic carbocycles. The third kappa shape index (κ3) is 3.87. The van der Waals surface area contributed by atoms with Gasteiger partial charge in [0.25, 0.3) is 0 Å². The number of hydrogen-bond acceptors (Lipinski definition) is 5. The predicted molar refractivity (Wildman–Crippen MR) is 95.1 cm³/mol. The van der Waals surface area contributed by atoms with Crippen LogP contribution in [0.25, 0.3) is 10.9 Å². The third-order valence-electron chi connectivity index (χ3n) is 4.08. The first-order chi connectivity index (χ1) is 12.2. The number of para-hydroxylation sites is 1. The molecule has 7 nitrogen and oxygen atoms in total. The Balaban J connectivity index is 1.79. The number of carboxylic acids is 1. The summed E-state index contributed by atoms with van der Waals surface area (Å²) in [6.07, 6.45) is 0.767. The van der Waals surface area contributed by atoms with E-state index in [1.807, 2.05) is 24.3 Å². The Bertz CT molecular complexity index is 825. The highest BCUT2D eigenvalue weighted by molar-refractivity contribution is 5.85. The average Bonchev–Trinajstić information content (AvgIpc) is 2.98. The number of nitrogens with zero attached hydrogens (tertiary/aromatic N) is 2. The molecule has 2 heterocycles. The fourth-order valence-electron chi connectivity index (χ4n) is 2.99. The lowest BCUT2D eigenvalue weighted by Gasteiger charge is -2.26. The van der Waals surface area contributed by atoms with E-state index in [1.165, 1.54) is 4.90 Å². The molecular weight excluding hydrogens is 336 g/mol. The zero-order chi connectivity index (χ0) is 18.9. The smallest absolute Gasteiger partial charge is 0.411 e. The minimum atomic E-state index is -1.07. The molecule has 1 unspecified atom stereocenters. The summed E-state index contributed by atoms with van der Waals surface area (Å²) in [5.41, 5.74) is 0.0992. The monoisotopic (exact) mass is 358 g/mol. The van der Waals surface area contributed by atoms with Crippen LogP contribution in [0.1, 0.15) is 27.2 Å². The standard InChI is InChI=1S/C19H22N2O5/c1-19(2,3)26-18(24)21-11-12(10-15(21)17(22)23)25-16-8-9-20-14-7-5-4-6-13(14)16/h4-9,12,15H,10-11H2,1-3H3,(H,22,23)/t12?,15-/m0/s1. The van der Waals surface area contributed by atoms with E-state index in [0.717, 1.165) is 10.9 Å². The van der Waals surface area contributed by atoms with Gasteiger partial charge in [0.15, 0.2) is 0 Å². The molecule has 1 aromatic heterocycles. The van der Waals surface area contributed by atoms with Gasteiger partial charge in [0, 0.05) is 18.0 Å². The van der Waals surface area contributed by atoms with Gasteiger partial charge in [-0.2, -0.15) is 0 Å². The van der Waals surface area contributed by atoms with Crippen molar-refractivity contribution in [2.45, 2.75) is 44.9 Å². The van der Waals surface area contributed by atoms with Crippen molar-refractivity contribution >= 4 is 23.0 Å². The Morgan fingerprint density at radius 2 is 1.96 bits per heavy atom. The average molecular weight is 358 g/mol. The summed E-state index contributed by atoms with van der Waals surface area (Å²) in [5.74, 6) is -0.447. The molecule has 138 valence electrons. The third-order valence-corrected chi connectivity index (χ3v) is 4.08. The van der Waals surface area contributed by atoms with Crippen molar-refractivity contribution in [2.24, 2.45) is 0 Å². The maximum Gasteiger partial charge on any atom is 0.411 e. The number of rotatable bonds is 3. The molecule has 0 radical (unpaired) electrons. The number of hydrogen-bond donors (Lipinski definition) is 1. The van der Waals surface area contributed by atoms with Crippen LogP contribution in [-0.2, 0) is 9.53 Å². The first-order valence-electron chi connectivity index (χ1n) is 8.47. The van der Waals surface area contributed by atoms with Gasteiger partial charge in [-0.3, -0.25) is 9.88 Å². The van der Waals surface area contributed by atoms with Gasteiger partial charge >= 0.3 is 12.1 Å². The van der Waals surface area contributed by atoms with Gasteiger partial charge < -0.3 is 14.6 Å². The number of carboxylic acid groups (broad SMARTS) is 1. The van der Waals surface area contributed by atoms with Crippen molar-refractivity contribution in [1.29, 1.82) is 0 Å². The number of aromatic nitrogens is 1. The molecule has 1 saturated heterocycles. The number of carbonyl (C=O) groups excluding carboxylic acids is 1. The molecule has 0 saturated carbocycles. The molecule has 0 bridgehead atoms. The van der Waals surface area contributed by atoms with Gasteiger partial charge in [0.2, 0.25) is 0 Å². The molecule has 1 amide bonds. The lowest BCUT2D eigenvalue weighted by molar-refractivity contribution is -0.142. The number of amides is 1.